The van der Waals surface area contributed by atoms with Crippen LogP contribution in [0.5, 0.6) is 5.88 Å². The summed E-state index contributed by atoms with van der Waals surface area (Å²) in [7, 11) is 0. The summed E-state index contributed by atoms with van der Waals surface area (Å²) in [5.41, 5.74) is 6.40. The van der Waals surface area contributed by atoms with E-state index >= 15 is 0 Å². The lowest BCUT2D eigenvalue weighted by Crippen LogP contribution is -2.13. The molecule has 1 aromatic rings. The van der Waals surface area contributed by atoms with Gasteiger partial charge in [-0.05, 0) is 12.5 Å². The molecule has 17 heavy (non-hydrogen) atoms. The maximum Gasteiger partial charge on any atom is 0.392 e. The van der Waals surface area contributed by atoms with Crippen LogP contribution in [0.2, 0.25) is 0 Å². The Balaban J connectivity index is 0.00000256. The molecule has 1 unspecified atom stereocenters. The van der Waals surface area contributed by atoms with Crippen molar-refractivity contribution >= 4 is 12.4 Å². The van der Waals surface area contributed by atoms with Gasteiger partial charge in [-0.2, -0.15) is 13.2 Å². The molecule has 0 bridgehead atoms. The Bertz CT molecular complexity index is 327. The van der Waals surface area contributed by atoms with Crippen molar-refractivity contribution in [2.75, 3.05) is 6.61 Å². The van der Waals surface area contributed by atoms with Crippen LogP contribution >= 0.6 is 12.4 Å². The van der Waals surface area contributed by atoms with Gasteiger partial charge in [-0.15, -0.1) is 12.4 Å². The lowest BCUT2D eigenvalue weighted by Gasteiger charge is -2.09. The largest absolute Gasteiger partial charge is 0.477 e. The number of hydrogen-bond donors (Lipinski definition) is 1. The molecule has 0 aromatic carbocycles. The van der Waals surface area contributed by atoms with Crippen molar-refractivity contribution in [2.24, 2.45) is 5.73 Å². The minimum Gasteiger partial charge on any atom is -0.477 e. The Morgan fingerprint density at radius 2 is 2.06 bits per heavy atom. The molecule has 2 N–H and O–H groups in total. The number of alkyl halides is 3. The molecule has 0 aliphatic carbocycles. The number of halogens is 4. The van der Waals surface area contributed by atoms with Gasteiger partial charge in [0, 0.05) is 18.3 Å². The van der Waals surface area contributed by atoms with E-state index in [1.54, 1.807) is 13.0 Å². The molecule has 98 valence electrons. The van der Waals surface area contributed by atoms with Crippen LogP contribution in [0.4, 0.5) is 13.2 Å². The Hall–Kier alpha value is -1.01. The van der Waals surface area contributed by atoms with Crippen molar-refractivity contribution in [3.63, 3.8) is 0 Å². The van der Waals surface area contributed by atoms with Crippen LogP contribution in [0.1, 0.15) is 24.9 Å². The molecule has 1 atom stereocenters. The highest BCUT2D eigenvalue weighted by atomic mass is 35.5. The minimum atomic E-state index is -4.20. The van der Waals surface area contributed by atoms with Gasteiger partial charge in [0.1, 0.15) is 0 Å². The fourth-order valence-corrected chi connectivity index (χ4v) is 1.02. The fourth-order valence-electron chi connectivity index (χ4n) is 1.02. The van der Waals surface area contributed by atoms with Crippen LogP contribution < -0.4 is 10.5 Å². The third-order valence-corrected chi connectivity index (χ3v) is 1.92. The third-order valence-electron chi connectivity index (χ3n) is 1.92. The first-order chi connectivity index (χ1) is 7.38. The molecule has 0 saturated carbocycles. The molecule has 0 aliphatic heterocycles. The molecule has 3 nitrogen and oxygen atoms in total. The van der Waals surface area contributed by atoms with Gasteiger partial charge in [0.2, 0.25) is 5.88 Å². The smallest absolute Gasteiger partial charge is 0.392 e. The summed E-state index contributed by atoms with van der Waals surface area (Å²) in [5, 5.41) is 0. The van der Waals surface area contributed by atoms with Crippen molar-refractivity contribution in [1.82, 2.24) is 4.98 Å². The lowest BCUT2D eigenvalue weighted by molar-refractivity contribution is -0.139. The molecule has 0 aliphatic rings. The van der Waals surface area contributed by atoms with Gasteiger partial charge in [-0.3, -0.25) is 0 Å². The van der Waals surface area contributed by atoms with E-state index in [-0.39, 0.29) is 24.3 Å². The zero-order valence-electron chi connectivity index (χ0n) is 9.20. The second-order valence-corrected chi connectivity index (χ2v) is 3.43. The molecular weight excluding hydrogens is 257 g/mol. The maximum absolute atomic E-state index is 11.8. The Morgan fingerprint density at radius 1 is 1.41 bits per heavy atom. The molecule has 0 radical (unpaired) electrons. The van der Waals surface area contributed by atoms with E-state index in [0.29, 0.717) is 0 Å². The van der Waals surface area contributed by atoms with Gasteiger partial charge < -0.3 is 10.5 Å². The molecule has 1 heterocycles. The van der Waals surface area contributed by atoms with Gasteiger partial charge >= 0.3 is 6.18 Å². The minimum absolute atomic E-state index is 0. The van der Waals surface area contributed by atoms with Crippen molar-refractivity contribution in [2.45, 2.75) is 25.6 Å². The molecular formula is C10H14ClF3N2O. The topological polar surface area (TPSA) is 48.1 Å². The third kappa shape index (κ3) is 6.33. The van der Waals surface area contributed by atoms with Crippen molar-refractivity contribution in [1.29, 1.82) is 0 Å². The standard InChI is InChI=1S/C10H13F3N2O.ClH/c1-7(14)8-2-3-9(15-6-8)16-5-4-10(11,12)13;/h2-3,6-7H,4-5,14H2,1H3;1H. The molecule has 0 spiro atoms. The fraction of sp³-hybridized carbons (Fsp3) is 0.500. The van der Waals surface area contributed by atoms with Crippen LogP contribution in [-0.2, 0) is 0 Å². The quantitative estimate of drug-likeness (QED) is 0.915. The van der Waals surface area contributed by atoms with Gasteiger partial charge in [0.25, 0.3) is 0 Å². The summed E-state index contributed by atoms with van der Waals surface area (Å²) >= 11 is 0. The first-order valence-electron chi connectivity index (χ1n) is 4.79. The van der Waals surface area contributed by atoms with Gasteiger partial charge in [-0.1, -0.05) is 6.07 Å². The average molecular weight is 271 g/mol. The number of aromatic nitrogens is 1. The zero-order valence-corrected chi connectivity index (χ0v) is 10.0. The monoisotopic (exact) mass is 270 g/mol. The number of rotatable bonds is 4. The molecule has 7 heteroatoms. The van der Waals surface area contributed by atoms with Crippen LogP contribution in [-0.4, -0.2) is 17.8 Å². The van der Waals surface area contributed by atoms with E-state index in [1.807, 2.05) is 0 Å². The number of nitrogens with two attached hydrogens (primary N) is 1. The normalized spacial score (nSPS) is 12.8. The summed E-state index contributed by atoms with van der Waals surface area (Å²) < 4.78 is 40.3. The van der Waals surface area contributed by atoms with Crippen LogP contribution in [0, 0.1) is 0 Å². The first-order valence-corrected chi connectivity index (χ1v) is 4.79. The van der Waals surface area contributed by atoms with Crippen LogP contribution in [0.25, 0.3) is 0 Å². The van der Waals surface area contributed by atoms with E-state index in [1.165, 1.54) is 12.3 Å². The summed E-state index contributed by atoms with van der Waals surface area (Å²) in [6.07, 6.45) is -3.69. The highest BCUT2D eigenvalue weighted by Gasteiger charge is 2.26. The second kappa shape index (κ2) is 6.66. The Morgan fingerprint density at radius 3 is 2.47 bits per heavy atom. The van der Waals surface area contributed by atoms with E-state index in [4.69, 9.17) is 10.5 Å². The summed E-state index contributed by atoms with van der Waals surface area (Å²) in [5.74, 6) is 0.175. The molecule has 1 aromatic heterocycles. The maximum atomic E-state index is 11.8. The Labute approximate surface area is 104 Å². The number of nitrogens with zero attached hydrogens (tertiary/aromatic N) is 1. The summed E-state index contributed by atoms with van der Waals surface area (Å²) in [6, 6.07) is 3.03. The van der Waals surface area contributed by atoms with Crippen molar-refractivity contribution in [3.8, 4) is 5.88 Å². The predicted octanol–water partition coefficient (Wildman–Crippen LogP) is 2.85. The first kappa shape index (κ1) is 16.0. The Kier molecular flexibility index (Phi) is 6.26. The molecule has 0 amide bonds. The highest BCUT2D eigenvalue weighted by molar-refractivity contribution is 5.85. The van der Waals surface area contributed by atoms with E-state index < -0.39 is 19.2 Å². The van der Waals surface area contributed by atoms with Crippen molar-refractivity contribution < 1.29 is 17.9 Å². The number of ether oxygens (including phenoxy) is 1. The van der Waals surface area contributed by atoms with E-state index in [9.17, 15) is 13.2 Å². The van der Waals surface area contributed by atoms with Crippen molar-refractivity contribution in [3.05, 3.63) is 23.9 Å². The average Bonchev–Trinajstić information content (AvgIpc) is 2.16. The SMILES string of the molecule is CC(N)c1ccc(OCCC(F)(F)F)nc1.Cl. The van der Waals surface area contributed by atoms with Gasteiger partial charge in [0.15, 0.2) is 0 Å². The summed E-state index contributed by atoms with van der Waals surface area (Å²) in [4.78, 5) is 3.85. The molecule has 0 saturated heterocycles. The lowest BCUT2D eigenvalue weighted by atomic mass is 10.2. The number of hydrogen-bond acceptors (Lipinski definition) is 3. The molecule has 0 fully saturated rings. The van der Waals surface area contributed by atoms with Gasteiger partial charge in [0.05, 0.1) is 13.0 Å². The van der Waals surface area contributed by atoms with E-state index in [0.717, 1.165) is 5.56 Å². The van der Waals surface area contributed by atoms with Crippen LogP contribution in [0.15, 0.2) is 18.3 Å². The number of pyridine rings is 1. The van der Waals surface area contributed by atoms with Crippen LogP contribution in [0.3, 0.4) is 0 Å². The van der Waals surface area contributed by atoms with Gasteiger partial charge in [-0.25, -0.2) is 4.98 Å². The van der Waals surface area contributed by atoms with E-state index in [2.05, 4.69) is 4.98 Å². The summed E-state index contributed by atoms with van der Waals surface area (Å²) in [6.45, 7) is 1.37. The molecule has 1 rings (SSSR count). The highest BCUT2D eigenvalue weighted by Crippen LogP contribution is 2.20. The second-order valence-electron chi connectivity index (χ2n) is 3.43. The zero-order chi connectivity index (χ0) is 12.2. The predicted molar refractivity (Wildman–Crippen MR) is 60.3 cm³/mol.